The number of carbonyl (C=O) groups excluding carboxylic acids is 3. The van der Waals surface area contributed by atoms with Crippen LogP contribution in [0.25, 0.3) is 0 Å². The van der Waals surface area contributed by atoms with Crippen molar-refractivity contribution in [2.24, 2.45) is 0 Å². The summed E-state index contributed by atoms with van der Waals surface area (Å²) in [6.07, 6.45) is -4.62. The van der Waals surface area contributed by atoms with Crippen LogP contribution >= 0.6 is 11.6 Å². The molecule has 0 bridgehead atoms. The summed E-state index contributed by atoms with van der Waals surface area (Å²) in [5.74, 6) is -1.58. The summed E-state index contributed by atoms with van der Waals surface area (Å²) < 4.78 is 50.5. The molecule has 0 saturated heterocycles. The average Bonchev–Trinajstić information content (AvgIpc) is 2.99. The van der Waals surface area contributed by atoms with Crippen LogP contribution in [-0.2, 0) is 9.53 Å². The van der Waals surface area contributed by atoms with E-state index in [1.807, 2.05) is 0 Å². The normalized spacial score (nSPS) is 12.5. The number of carbonyl (C=O) groups is 3. The van der Waals surface area contributed by atoms with E-state index in [2.05, 4.69) is 4.74 Å². The summed E-state index contributed by atoms with van der Waals surface area (Å²) in [4.78, 5) is 34.3. The van der Waals surface area contributed by atoms with Crippen molar-refractivity contribution in [3.8, 4) is 11.5 Å². The third kappa shape index (κ3) is 5.41. The zero-order valence-corrected chi connectivity index (χ0v) is 13.0. The molecule has 8 nitrogen and oxygen atoms in total. The zero-order chi connectivity index (χ0) is 18.6. The lowest BCUT2D eigenvalue weighted by molar-refractivity contribution is -0.125. The van der Waals surface area contributed by atoms with Crippen molar-refractivity contribution in [1.82, 2.24) is 10.6 Å². The molecule has 1 aliphatic rings. The Morgan fingerprint density at radius 3 is 2.64 bits per heavy atom. The fourth-order valence-electron chi connectivity index (χ4n) is 1.69. The van der Waals surface area contributed by atoms with Crippen LogP contribution in [0.3, 0.4) is 0 Å². The Bertz CT molecular complexity index is 710. The molecule has 0 unspecified atom stereocenters. The van der Waals surface area contributed by atoms with Gasteiger partial charge in [0.05, 0.1) is 10.6 Å². The molecule has 1 aromatic rings. The lowest BCUT2D eigenvalue weighted by Crippen LogP contribution is -2.44. The monoisotopic (exact) mass is 382 g/mol. The molecular weight excluding hydrogens is 373 g/mol. The molecule has 0 atom stereocenters. The Labute approximate surface area is 143 Å². The first-order chi connectivity index (χ1) is 11.7. The number of amides is 3. The highest BCUT2D eigenvalue weighted by Gasteiger charge is 2.28. The average molecular weight is 383 g/mol. The minimum absolute atomic E-state index is 0.0384. The van der Waals surface area contributed by atoms with E-state index in [0.29, 0.717) is 0 Å². The molecular formula is C13H10ClF3N2O6. The number of ether oxygens (including phenoxy) is 3. The van der Waals surface area contributed by atoms with Crippen molar-refractivity contribution in [2.45, 2.75) is 6.18 Å². The second-order valence-electron chi connectivity index (χ2n) is 4.61. The molecule has 136 valence electrons. The van der Waals surface area contributed by atoms with E-state index >= 15 is 0 Å². The Morgan fingerprint density at radius 2 is 1.96 bits per heavy atom. The maximum Gasteiger partial charge on any atom is 0.405 e. The molecule has 1 aromatic carbocycles. The minimum Gasteiger partial charge on any atom is -0.454 e. The van der Waals surface area contributed by atoms with Gasteiger partial charge in [0.25, 0.3) is 5.91 Å². The molecule has 0 aliphatic carbocycles. The highest BCUT2D eigenvalue weighted by atomic mass is 35.5. The van der Waals surface area contributed by atoms with Gasteiger partial charge in [-0.25, -0.2) is 9.59 Å². The Hall–Kier alpha value is -2.69. The van der Waals surface area contributed by atoms with E-state index in [0.717, 1.165) is 0 Å². The number of urea groups is 1. The number of esters is 1. The minimum atomic E-state index is -4.62. The highest BCUT2D eigenvalue weighted by Crippen LogP contribution is 2.39. The molecule has 25 heavy (non-hydrogen) atoms. The van der Waals surface area contributed by atoms with Gasteiger partial charge in [-0.1, -0.05) is 11.6 Å². The van der Waals surface area contributed by atoms with Gasteiger partial charge < -0.3 is 19.5 Å². The van der Waals surface area contributed by atoms with Crippen LogP contribution in [0.1, 0.15) is 10.4 Å². The molecule has 3 amide bonds. The third-order valence-corrected chi connectivity index (χ3v) is 2.98. The van der Waals surface area contributed by atoms with E-state index in [1.54, 1.807) is 5.32 Å². The van der Waals surface area contributed by atoms with Crippen LogP contribution in [0.2, 0.25) is 5.02 Å². The number of nitrogens with one attached hydrogen (secondary N) is 2. The van der Waals surface area contributed by atoms with E-state index in [-0.39, 0.29) is 28.9 Å². The van der Waals surface area contributed by atoms with Crippen LogP contribution in [0, 0.1) is 0 Å². The Morgan fingerprint density at radius 1 is 1.24 bits per heavy atom. The first-order valence-electron chi connectivity index (χ1n) is 6.56. The summed E-state index contributed by atoms with van der Waals surface area (Å²) in [5.41, 5.74) is -0.0384. The summed E-state index contributed by atoms with van der Waals surface area (Å²) >= 11 is 5.89. The summed E-state index contributed by atoms with van der Waals surface area (Å²) in [6, 6.07) is 1.14. The molecule has 2 rings (SSSR count). The molecule has 12 heteroatoms. The van der Waals surface area contributed by atoms with Crippen molar-refractivity contribution in [2.75, 3.05) is 19.9 Å². The lowest BCUT2D eigenvalue weighted by atomic mass is 10.2. The number of rotatable bonds is 4. The largest absolute Gasteiger partial charge is 0.454 e. The molecule has 0 aromatic heterocycles. The molecule has 1 heterocycles. The van der Waals surface area contributed by atoms with Crippen LogP contribution in [0.4, 0.5) is 18.0 Å². The molecule has 0 spiro atoms. The molecule has 0 fully saturated rings. The van der Waals surface area contributed by atoms with Gasteiger partial charge >= 0.3 is 18.2 Å². The van der Waals surface area contributed by atoms with Crippen molar-refractivity contribution in [1.29, 1.82) is 0 Å². The number of halogens is 4. The maximum atomic E-state index is 11.9. The number of hydrogen-bond donors (Lipinski definition) is 2. The second-order valence-corrected chi connectivity index (χ2v) is 5.02. The van der Waals surface area contributed by atoms with Gasteiger partial charge in [0.2, 0.25) is 6.79 Å². The Kier molecular flexibility index (Phi) is 5.57. The zero-order valence-electron chi connectivity index (χ0n) is 12.2. The third-order valence-electron chi connectivity index (χ3n) is 2.70. The smallest absolute Gasteiger partial charge is 0.405 e. The van der Waals surface area contributed by atoms with Crippen molar-refractivity contribution >= 4 is 29.5 Å². The van der Waals surface area contributed by atoms with Gasteiger partial charge in [-0.05, 0) is 12.1 Å². The lowest BCUT2D eigenvalue weighted by Gasteiger charge is -2.09. The van der Waals surface area contributed by atoms with Crippen molar-refractivity contribution in [3.63, 3.8) is 0 Å². The fourth-order valence-corrected chi connectivity index (χ4v) is 1.95. The number of benzene rings is 1. The maximum absolute atomic E-state index is 11.9. The summed E-state index contributed by atoms with van der Waals surface area (Å²) in [7, 11) is 0. The summed E-state index contributed by atoms with van der Waals surface area (Å²) in [6.45, 7) is -2.56. The van der Waals surface area contributed by atoms with E-state index in [1.165, 1.54) is 17.4 Å². The first kappa shape index (κ1) is 18.6. The van der Waals surface area contributed by atoms with E-state index < -0.39 is 37.2 Å². The van der Waals surface area contributed by atoms with Gasteiger partial charge in [0.15, 0.2) is 18.1 Å². The van der Waals surface area contributed by atoms with Gasteiger partial charge in [0, 0.05) is 0 Å². The number of fused-ring (bicyclic) bond motifs is 1. The van der Waals surface area contributed by atoms with E-state index in [9.17, 15) is 27.6 Å². The van der Waals surface area contributed by atoms with Crippen molar-refractivity contribution < 1.29 is 41.8 Å². The van der Waals surface area contributed by atoms with Crippen LogP contribution in [-0.4, -0.2) is 44.0 Å². The van der Waals surface area contributed by atoms with E-state index in [4.69, 9.17) is 21.1 Å². The quantitative estimate of drug-likeness (QED) is 0.767. The number of imide groups is 1. The number of hydrogen-bond acceptors (Lipinski definition) is 6. The molecule has 0 saturated carbocycles. The Balaban J connectivity index is 1.83. The van der Waals surface area contributed by atoms with Gasteiger partial charge in [-0.15, -0.1) is 0 Å². The number of alkyl halides is 3. The fraction of sp³-hybridized carbons (Fsp3) is 0.308. The first-order valence-corrected chi connectivity index (χ1v) is 6.94. The second kappa shape index (κ2) is 7.47. The standard InChI is InChI=1S/C13H10ClF3N2O6/c14-7-1-6(2-8-10(7)25-5-24-8)11(21)23-3-9(20)19-12(22)18-4-13(15,16)17/h1-2H,3-5H2,(H2,18,19,20,22). The van der Waals surface area contributed by atoms with Gasteiger partial charge in [0.1, 0.15) is 6.54 Å². The molecule has 0 radical (unpaired) electrons. The SMILES string of the molecule is O=C(COC(=O)c1cc(Cl)c2c(c1)OCO2)NC(=O)NCC(F)(F)F. The van der Waals surface area contributed by atoms with Crippen molar-refractivity contribution in [3.05, 3.63) is 22.7 Å². The van der Waals surface area contributed by atoms with Gasteiger partial charge in [-0.2, -0.15) is 13.2 Å². The molecule has 2 N–H and O–H groups in total. The summed E-state index contributed by atoms with van der Waals surface area (Å²) in [5, 5.41) is 3.10. The van der Waals surface area contributed by atoms with Crippen LogP contribution < -0.4 is 20.1 Å². The van der Waals surface area contributed by atoms with Gasteiger partial charge in [-0.3, -0.25) is 10.1 Å². The topological polar surface area (TPSA) is 103 Å². The predicted octanol–water partition coefficient (Wildman–Crippen LogP) is 1.61. The molecule has 1 aliphatic heterocycles. The highest BCUT2D eigenvalue weighted by molar-refractivity contribution is 6.32. The van der Waals surface area contributed by atoms with Crippen LogP contribution in [0.5, 0.6) is 11.5 Å². The van der Waals surface area contributed by atoms with Crippen LogP contribution in [0.15, 0.2) is 12.1 Å². The predicted molar refractivity (Wildman–Crippen MR) is 75.5 cm³/mol.